The number of allylic oxidation sites excluding steroid dienone is 1. The first-order chi connectivity index (χ1) is 10.8. The molecule has 8 heteroatoms. The van der Waals surface area contributed by atoms with E-state index >= 15 is 0 Å². The monoisotopic (exact) mass is 361 g/mol. The zero-order valence-corrected chi connectivity index (χ0v) is 13.4. The molecular weight excluding hydrogens is 351 g/mol. The molecule has 2 rings (SSSR count). The Morgan fingerprint density at radius 2 is 2.00 bits per heavy atom. The molecule has 0 bridgehead atoms. The Morgan fingerprint density at radius 1 is 1.35 bits per heavy atom. The van der Waals surface area contributed by atoms with Gasteiger partial charge in [0, 0.05) is 11.1 Å². The van der Waals surface area contributed by atoms with Crippen LogP contribution < -0.4 is 0 Å². The number of ether oxygens (including phenoxy) is 1. The van der Waals surface area contributed by atoms with Crippen molar-refractivity contribution >= 4 is 34.5 Å². The molecule has 1 aromatic heterocycles. The third-order valence-corrected chi connectivity index (χ3v) is 4.07. The van der Waals surface area contributed by atoms with Gasteiger partial charge in [-0.25, -0.2) is 9.78 Å². The molecule has 0 spiro atoms. The fourth-order valence-corrected chi connectivity index (χ4v) is 2.53. The van der Waals surface area contributed by atoms with E-state index in [2.05, 4.69) is 4.98 Å². The van der Waals surface area contributed by atoms with Crippen molar-refractivity contribution in [3.8, 4) is 0 Å². The minimum absolute atomic E-state index is 0.114. The lowest BCUT2D eigenvalue weighted by atomic mass is 10.1. The molecule has 0 N–H and O–H groups in total. The van der Waals surface area contributed by atoms with Gasteiger partial charge in [0.1, 0.15) is 6.61 Å². The number of benzene rings is 1. The molecule has 3 nitrogen and oxygen atoms in total. The summed E-state index contributed by atoms with van der Waals surface area (Å²) in [6.07, 6.45) is -4.24. The molecule has 23 heavy (non-hydrogen) atoms. The van der Waals surface area contributed by atoms with Gasteiger partial charge in [-0.15, -0.1) is 11.3 Å². The van der Waals surface area contributed by atoms with Gasteiger partial charge in [-0.2, -0.15) is 13.2 Å². The van der Waals surface area contributed by atoms with Crippen LogP contribution in [0.15, 0.2) is 35.9 Å². The largest absolute Gasteiger partial charge is 0.457 e. The van der Waals surface area contributed by atoms with Crippen LogP contribution >= 0.6 is 22.9 Å². The van der Waals surface area contributed by atoms with E-state index in [1.807, 2.05) is 0 Å². The normalized spacial score (nSPS) is 12.3. The van der Waals surface area contributed by atoms with Gasteiger partial charge in [-0.1, -0.05) is 23.7 Å². The molecule has 0 amide bonds. The van der Waals surface area contributed by atoms with Crippen molar-refractivity contribution in [3.63, 3.8) is 0 Å². The number of aryl methyl sites for hydroxylation is 1. The third kappa shape index (κ3) is 4.80. The summed E-state index contributed by atoms with van der Waals surface area (Å²) in [4.78, 5) is 16.4. The van der Waals surface area contributed by atoms with Crippen LogP contribution in [-0.2, 0) is 16.1 Å². The molecular formula is C15H11ClF3NO2S. The smallest absolute Gasteiger partial charge is 0.417 e. The Bertz CT molecular complexity index is 723. The Balaban J connectivity index is 2.18. The second-order valence-corrected chi connectivity index (χ2v) is 5.91. The van der Waals surface area contributed by atoms with Crippen LogP contribution in [0.4, 0.5) is 13.2 Å². The highest BCUT2D eigenvalue weighted by Gasteiger charge is 2.35. The first-order valence-corrected chi connectivity index (χ1v) is 7.63. The highest BCUT2D eigenvalue weighted by Crippen LogP contribution is 2.34. The number of halogens is 4. The zero-order chi connectivity index (χ0) is 17.0. The summed E-state index contributed by atoms with van der Waals surface area (Å²) in [5.41, 5.74) is 1.01. The van der Waals surface area contributed by atoms with Gasteiger partial charge in [0.25, 0.3) is 0 Å². The molecule has 1 heterocycles. The van der Waals surface area contributed by atoms with Gasteiger partial charge in [0.2, 0.25) is 0 Å². The number of thiazole rings is 1. The number of hydrogen-bond donors (Lipinski definition) is 0. The van der Waals surface area contributed by atoms with Gasteiger partial charge in [-0.05, 0) is 24.6 Å². The molecule has 0 unspecified atom stereocenters. The zero-order valence-electron chi connectivity index (χ0n) is 11.9. The summed E-state index contributed by atoms with van der Waals surface area (Å²) in [7, 11) is 0. The van der Waals surface area contributed by atoms with Gasteiger partial charge in [-0.3, -0.25) is 0 Å². The number of carbonyl (C=O) groups excluding carboxylic acids is 1. The molecule has 0 fully saturated rings. The number of esters is 1. The molecule has 0 atom stereocenters. The lowest BCUT2D eigenvalue weighted by Crippen LogP contribution is -2.13. The van der Waals surface area contributed by atoms with E-state index < -0.39 is 17.7 Å². The highest BCUT2D eigenvalue weighted by atomic mass is 35.5. The number of aromatic nitrogens is 1. The van der Waals surface area contributed by atoms with E-state index in [1.54, 1.807) is 12.4 Å². The minimum atomic E-state index is -4.69. The van der Waals surface area contributed by atoms with Crippen molar-refractivity contribution in [2.24, 2.45) is 0 Å². The third-order valence-electron chi connectivity index (χ3n) is 2.91. The van der Waals surface area contributed by atoms with Crippen molar-refractivity contribution in [2.45, 2.75) is 19.7 Å². The average Bonchev–Trinajstić information content (AvgIpc) is 2.88. The topological polar surface area (TPSA) is 39.2 Å². The fourth-order valence-electron chi connectivity index (χ4n) is 1.72. The lowest BCUT2D eigenvalue weighted by Gasteiger charge is -2.12. The molecule has 0 aliphatic heterocycles. The summed E-state index contributed by atoms with van der Waals surface area (Å²) < 4.78 is 44.2. The van der Waals surface area contributed by atoms with E-state index in [9.17, 15) is 18.0 Å². The summed E-state index contributed by atoms with van der Waals surface area (Å²) in [5, 5.41) is 0.304. The Hall–Kier alpha value is -1.86. The summed E-state index contributed by atoms with van der Waals surface area (Å²) in [5.74, 6) is -1.07. The number of carbonyl (C=O) groups is 1. The summed E-state index contributed by atoms with van der Waals surface area (Å²) >= 11 is 6.93. The van der Waals surface area contributed by atoms with E-state index in [1.165, 1.54) is 35.6 Å². The maximum atomic E-state index is 13.1. The quantitative estimate of drug-likeness (QED) is 0.580. The van der Waals surface area contributed by atoms with Crippen molar-refractivity contribution in [1.82, 2.24) is 4.98 Å². The van der Waals surface area contributed by atoms with Crippen molar-refractivity contribution < 1.29 is 22.7 Å². The molecule has 1 aromatic carbocycles. The van der Waals surface area contributed by atoms with Gasteiger partial charge in [0.15, 0.2) is 0 Å². The first-order valence-electron chi connectivity index (χ1n) is 6.38. The second-order valence-electron chi connectivity index (χ2n) is 4.53. The Kier molecular flexibility index (Phi) is 5.43. The maximum Gasteiger partial charge on any atom is 0.417 e. The second kappa shape index (κ2) is 7.14. The van der Waals surface area contributed by atoms with E-state index in [4.69, 9.17) is 16.3 Å². The number of nitrogens with zero attached hydrogens (tertiary/aromatic N) is 1. The SMILES string of the molecule is Cc1ncsc1COC(=O)/C=C(/c1ccc(Cl)cc1)C(F)(F)F. The first kappa shape index (κ1) is 17.5. The minimum Gasteiger partial charge on any atom is -0.457 e. The summed E-state index contributed by atoms with van der Waals surface area (Å²) in [6.45, 7) is 1.61. The molecule has 0 aliphatic rings. The van der Waals surface area contributed by atoms with Crippen LogP contribution in [0.3, 0.4) is 0 Å². The van der Waals surface area contributed by atoms with E-state index in [0.29, 0.717) is 21.7 Å². The molecule has 0 radical (unpaired) electrons. The maximum absolute atomic E-state index is 13.1. The molecule has 0 aliphatic carbocycles. The number of alkyl halides is 3. The van der Waals surface area contributed by atoms with Gasteiger partial charge in [0.05, 0.1) is 21.7 Å². The average molecular weight is 362 g/mol. The summed E-state index contributed by atoms with van der Waals surface area (Å²) in [6, 6.07) is 5.04. The predicted molar refractivity (Wildman–Crippen MR) is 82.1 cm³/mol. The van der Waals surface area contributed by atoms with Crippen LogP contribution in [0.1, 0.15) is 16.1 Å². The molecule has 122 valence electrons. The fraction of sp³-hybridized carbons (Fsp3) is 0.200. The Morgan fingerprint density at radius 3 is 2.52 bits per heavy atom. The standard InChI is InChI=1S/C15H11ClF3NO2S/c1-9-13(23-8-20-9)7-22-14(21)6-12(15(17,18)19)10-2-4-11(16)5-3-10/h2-6,8H,7H2,1H3/b12-6-. The van der Waals surface area contributed by atoms with Crippen LogP contribution in [0, 0.1) is 6.92 Å². The highest BCUT2D eigenvalue weighted by molar-refractivity contribution is 7.09. The van der Waals surface area contributed by atoms with Crippen LogP contribution in [0.5, 0.6) is 0 Å². The van der Waals surface area contributed by atoms with E-state index in [0.717, 1.165) is 0 Å². The molecule has 2 aromatic rings. The van der Waals surface area contributed by atoms with Crippen molar-refractivity contribution in [3.05, 3.63) is 57.0 Å². The van der Waals surface area contributed by atoms with Crippen LogP contribution in [0.25, 0.3) is 5.57 Å². The lowest BCUT2D eigenvalue weighted by molar-refractivity contribution is -0.139. The van der Waals surface area contributed by atoms with E-state index in [-0.39, 0.29) is 12.2 Å². The number of hydrogen-bond acceptors (Lipinski definition) is 4. The van der Waals surface area contributed by atoms with Gasteiger partial charge < -0.3 is 4.74 Å². The number of rotatable bonds is 4. The molecule has 0 saturated heterocycles. The van der Waals surface area contributed by atoms with Crippen molar-refractivity contribution in [1.29, 1.82) is 0 Å². The van der Waals surface area contributed by atoms with Gasteiger partial charge >= 0.3 is 12.1 Å². The van der Waals surface area contributed by atoms with Crippen LogP contribution in [0.2, 0.25) is 5.02 Å². The molecule has 0 saturated carbocycles. The predicted octanol–water partition coefficient (Wildman–Crippen LogP) is 4.79. The Labute approximate surface area is 139 Å². The van der Waals surface area contributed by atoms with Crippen LogP contribution in [-0.4, -0.2) is 17.1 Å². The van der Waals surface area contributed by atoms with Crippen molar-refractivity contribution in [2.75, 3.05) is 0 Å².